The molecule has 0 radical (unpaired) electrons. The highest BCUT2D eigenvalue weighted by Crippen LogP contribution is 2.25. The quantitative estimate of drug-likeness (QED) is 0.894. The SMILES string of the molecule is CCCn1ncnc1CNc1ccc2c(c1)CCC2. The molecule has 0 saturated heterocycles. The van der Waals surface area contributed by atoms with Crippen molar-refractivity contribution in [1.29, 1.82) is 0 Å². The van der Waals surface area contributed by atoms with Crippen LogP contribution in [0.5, 0.6) is 0 Å². The fourth-order valence-corrected chi connectivity index (χ4v) is 2.69. The Morgan fingerprint density at radius 1 is 1.26 bits per heavy atom. The third-order valence-electron chi connectivity index (χ3n) is 3.68. The Bertz CT molecular complexity index is 559. The normalized spacial score (nSPS) is 13.5. The number of hydrogen-bond donors (Lipinski definition) is 1. The number of benzene rings is 1. The van der Waals surface area contributed by atoms with Gasteiger partial charge in [-0.15, -0.1) is 0 Å². The van der Waals surface area contributed by atoms with Gasteiger partial charge < -0.3 is 5.32 Å². The summed E-state index contributed by atoms with van der Waals surface area (Å²) in [5, 5.41) is 7.69. The van der Waals surface area contributed by atoms with Crippen molar-refractivity contribution in [2.24, 2.45) is 0 Å². The fourth-order valence-electron chi connectivity index (χ4n) is 2.69. The van der Waals surface area contributed by atoms with Crippen LogP contribution in [0.1, 0.15) is 36.7 Å². The maximum Gasteiger partial charge on any atom is 0.146 e. The zero-order valence-corrected chi connectivity index (χ0v) is 11.4. The number of aryl methyl sites for hydroxylation is 3. The van der Waals surface area contributed by atoms with Crippen LogP contribution in [-0.4, -0.2) is 14.8 Å². The molecule has 0 atom stereocenters. The predicted octanol–water partition coefficient (Wildman–Crippen LogP) is 2.79. The van der Waals surface area contributed by atoms with Crippen LogP contribution in [0.15, 0.2) is 24.5 Å². The summed E-state index contributed by atoms with van der Waals surface area (Å²) in [5.74, 6) is 1.00. The smallest absolute Gasteiger partial charge is 0.146 e. The molecule has 4 heteroatoms. The predicted molar refractivity (Wildman–Crippen MR) is 76.1 cm³/mol. The maximum absolute atomic E-state index is 4.31. The Hall–Kier alpha value is -1.84. The number of anilines is 1. The Balaban J connectivity index is 1.67. The van der Waals surface area contributed by atoms with E-state index in [4.69, 9.17) is 0 Å². The number of fused-ring (bicyclic) bond motifs is 1. The third kappa shape index (κ3) is 2.62. The fraction of sp³-hybridized carbons (Fsp3) is 0.467. The highest BCUT2D eigenvalue weighted by atomic mass is 15.3. The Morgan fingerprint density at radius 3 is 3.05 bits per heavy atom. The van der Waals surface area contributed by atoms with Crippen molar-refractivity contribution in [3.8, 4) is 0 Å². The van der Waals surface area contributed by atoms with Crippen LogP contribution in [0.4, 0.5) is 5.69 Å². The summed E-state index contributed by atoms with van der Waals surface area (Å²) in [5.41, 5.74) is 4.20. The van der Waals surface area contributed by atoms with Gasteiger partial charge in [-0.3, -0.25) is 0 Å². The molecule has 0 saturated carbocycles. The van der Waals surface area contributed by atoms with Gasteiger partial charge in [-0.1, -0.05) is 13.0 Å². The second kappa shape index (κ2) is 5.43. The molecule has 1 N–H and O–H groups in total. The second-order valence-corrected chi connectivity index (χ2v) is 5.09. The van der Waals surface area contributed by atoms with Gasteiger partial charge in [0.1, 0.15) is 12.2 Å². The molecule has 1 aliphatic rings. The van der Waals surface area contributed by atoms with Crippen molar-refractivity contribution < 1.29 is 0 Å². The van der Waals surface area contributed by atoms with Crippen molar-refractivity contribution >= 4 is 5.69 Å². The van der Waals surface area contributed by atoms with Crippen LogP contribution in [-0.2, 0) is 25.9 Å². The first-order valence-corrected chi connectivity index (χ1v) is 7.09. The van der Waals surface area contributed by atoms with Gasteiger partial charge in [0.2, 0.25) is 0 Å². The summed E-state index contributed by atoms with van der Waals surface area (Å²) in [6.07, 6.45) is 6.46. The molecule has 0 bridgehead atoms. The van der Waals surface area contributed by atoms with E-state index in [1.54, 1.807) is 6.33 Å². The first kappa shape index (κ1) is 12.2. The van der Waals surface area contributed by atoms with Crippen LogP contribution in [0, 0.1) is 0 Å². The van der Waals surface area contributed by atoms with Crippen molar-refractivity contribution in [2.45, 2.75) is 45.7 Å². The summed E-state index contributed by atoms with van der Waals surface area (Å²) in [6, 6.07) is 6.70. The first-order chi connectivity index (χ1) is 9.36. The van der Waals surface area contributed by atoms with Gasteiger partial charge in [-0.2, -0.15) is 5.10 Å². The molecule has 1 aromatic carbocycles. The lowest BCUT2D eigenvalue weighted by atomic mass is 10.1. The number of nitrogens with one attached hydrogen (secondary N) is 1. The van der Waals surface area contributed by atoms with E-state index in [1.165, 1.54) is 36.1 Å². The molecule has 0 fully saturated rings. The van der Waals surface area contributed by atoms with Crippen LogP contribution >= 0.6 is 0 Å². The highest BCUT2D eigenvalue weighted by Gasteiger charge is 2.11. The average Bonchev–Trinajstić information content (AvgIpc) is 3.05. The van der Waals surface area contributed by atoms with Gasteiger partial charge in [0, 0.05) is 12.2 Å². The molecule has 100 valence electrons. The molecule has 0 spiro atoms. The van der Waals surface area contributed by atoms with E-state index in [2.05, 4.69) is 40.5 Å². The molecule has 1 aliphatic carbocycles. The number of rotatable bonds is 5. The minimum absolute atomic E-state index is 0.735. The largest absolute Gasteiger partial charge is 0.378 e. The maximum atomic E-state index is 4.31. The topological polar surface area (TPSA) is 42.7 Å². The van der Waals surface area contributed by atoms with Crippen molar-refractivity contribution in [3.63, 3.8) is 0 Å². The van der Waals surface area contributed by atoms with Gasteiger partial charge in [-0.05, 0) is 48.9 Å². The molecule has 0 aliphatic heterocycles. The molecule has 19 heavy (non-hydrogen) atoms. The minimum Gasteiger partial charge on any atom is -0.378 e. The van der Waals surface area contributed by atoms with Gasteiger partial charge in [0.25, 0.3) is 0 Å². The van der Waals surface area contributed by atoms with Crippen LogP contribution in [0.25, 0.3) is 0 Å². The molecule has 0 unspecified atom stereocenters. The van der Waals surface area contributed by atoms with Crippen molar-refractivity contribution in [3.05, 3.63) is 41.5 Å². The molecule has 0 amide bonds. The zero-order chi connectivity index (χ0) is 13.1. The van der Waals surface area contributed by atoms with Gasteiger partial charge >= 0.3 is 0 Å². The summed E-state index contributed by atoms with van der Waals surface area (Å²) in [6.45, 7) is 3.82. The van der Waals surface area contributed by atoms with Crippen LogP contribution in [0.3, 0.4) is 0 Å². The summed E-state index contributed by atoms with van der Waals surface area (Å²) in [7, 11) is 0. The molecule has 3 rings (SSSR count). The van der Waals surface area contributed by atoms with Crippen molar-refractivity contribution in [1.82, 2.24) is 14.8 Å². The monoisotopic (exact) mass is 256 g/mol. The molecule has 4 nitrogen and oxygen atoms in total. The number of aromatic nitrogens is 3. The standard InChI is InChI=1S/C15H20N4/c1-2-8-19-15(17-11-18-19)10-16-14-7-6-12-4-3-5-13(12)9-14/h6-7,9,11,16H,2-5,8,10H2,1H3. The lowest BCUT2D eigenvalue weighted by Crippen LogP contribution is -2.10. The molecule has 2 aromatic rings. The second-order valence-electron chi connectivity index (χ2n) is 5.09. The number of hydrogen-bond acceptors (Lipinski definition) is 3. The van der Waals surface area contributed by atoms with E-state index in [9.17, 15) is 0 Å². The van der Waals surface area contributed by atoms with Crippen molar-refractivity contribution in [2.75, 3.05) is 5.32 Å². The molecule has 1 heterocycles. The van der Waals surface area contributed by atoms with Gasteiger partial charge in [-0.25, -0.2) is 9.67 Å². The van der Waals surface area contributed by atoms with Crippen LogP contribution in [0.2, 0.25) is 0 Å². The van der Waals surface area contributed by atoms with E-state index in [0.29, 0.717) is 0 Å². The van der Waals surface area contributed by atoms with E-state index < -0.39 is 0 Å². The Labute approximate surface area is 113 Å². The van der Waals surface area contributed by atoms with Gasteiger partial charge in [0.05, 0.1) is 6.54 Å². The van der Waals surface area contributed by atoms with Crippen LogP contribution < -0.4 is 5.32 Å². The highest BCUT2D eigenvalue weighted by molar-refractivity contribution is 5.50. The molecular weight excluding hydrogens is 236 g/mol. The Kier molecular flexibility index (Phi) is 3.49. The lowest BCUT2D eigenvalue weighted by Gasteiger charge is -2.09. The zero-order valence-electron chi connectivity index (χ0n) is 11.4. The third-order valence-corrected chi connectivity index (χ3v) is 3.68. The minimum atomic E-state index is 0.735. The summed E-state index contributed by atoms with van der Waals surface area (Å²) in [4.78, 5) is 4.31. The van der Waals surface area contributed by atoms with E-state index in [1.807, 2.05) is 4.68 Å². The molecular formula is C15H20N4. The summed E-state index contributed by atoms with van der Waals surface area (Å²) < 4.78 is 1.97. The first-order valence-electron chi connectivity index (χ1n) is 7.09. The summed E-state index contributed by atoms with van der Waals surface area (Å²) >= 11 is 0. The van der Waals surface area contributed by atoms with E-state index >= 15 is 0 Å². The Morgan fingerprint density at radius 2 is 2.16 bits per heavy atom. The number of nitrogens with zero attached hydrogens (tertiary/aromatic N) is 3. The van der Waals surface area contributed by atoms with Gasteiger partial charge in [0.15, 0.2) is 0 Å². The van der Waals surface area contributed by atoms with E-state index in [-0.39, 0.29) is 0 Å². The lowest BCUT2D eigenvalue weighted by molar-refractivity contribution is 0.574. The average molecular weight is 256 g/mol. The van der Waals surface area contributed by atoms with E-state index in [0.717, 1.165) is 25.3 Å². The molecule has 1 aromatic heterocycles.